The van der Waals surface area contributed by atoms with Crippen molar-refractivity contribution in [3.8, 4) is 11.5 Å². The second-order valence-electron chi connectivity index (χ2n) is 9.58. The van der Waals surface area contributed by atoms with Crippen LogP contribution in [0.4, 0.5) is 0 Å². The minimum atomic E-state index is -0.513. The lowest BCUT2D eigenvalue weighted by Gasteiger charge is -2.34. The largest absolute Gasteiger partial charge is 0.490 e. The van der Waals surface area contributed by atoms with Crippen LogP contribution in [0, 0.1) is 11.8 Å². The van der Waals surface area contributed by atoms with Gasteiger partial charge in [0.2, 0.25) is 0 Å². The highest BCUT2D eigenvalue weighted by Crippen LogP contribution is 2.31. The summed E-state index contributed by atoms with van der Waals surface area (Å²) in [5.74, 6) is 1.88. The topological polar surface area (TPSA) is 102 Å². The van der Waals surface area contributed by atoms with Gasteiger partial charge in [0.25, 0.3) is 11.5 Å². The molecule has 0 radical (unpaired) electrons. The Labute approximate surface area is 210 Å². The number of hydrogen-bond acceptors (Lipinski definition) is 5. The molecular formula is C28H35N3O5. The third-order valence-corrected chi connectivity index (χ3v) is 7.23. The van der Waals surface area contributed by atoms with Gasteiger partial charge in [-0.15, -0.1) is 0 Å². The van der Waals surface area contributed by atoms with Gasteiger partial charge in [0.05, 0.1) is 30.7 Å². The lowest BCUT2D eigenvalue weighted by atomic mass is 9.78. The van der Waals surface area contributed by atoms with Gasteiger partial charge in [0.1, 0.15) is 0 Å². The summed E-state index contributed by atoms with van der Waals surface area (Å²) in [5, 5.41) is 3.52. The number of aromatic amines is 1. The predicted molar refractivity (Wildman–Crippen MR) is 140 cm³/mol. The Morgan fingerprint density at radius 1 is 1.03 bits per heavy atom. The molecule has 8 heteroatoms. The molecule has 1 fully saturated rings. The van der Waals surface area contributed by atoms with Gasteiger partial charge in [-0.05, 0) is 55.9 Å². The number of carbonyl (C=O) groups excluding carboxylic acids is 1. The van der Waals surface area contributed by atoms with Crippen LogP contribution in [-0.4, -0.2) is 34.7 Å². The van der Waals surface area contributed by atoms with Gasteiger partial charge in [0.15, 0.2) is 11.5 Å². The third-order valence-electron chi connectivity index (χ3n) is 7.23. The number of benzene rings is 2. The van der Waals surface area contributed by atoms with Gasteiger partial charge < -0.3 is 19.8 Å². The molecule has 3 aromatic rings. The van der Waals surface area contributed by atoms with Crippen molar-refractivity contribution < 1.29 is 14.3 Å². The van der Waals surface area contributed by atoms with E-state index in [2.05, 4.69) is 24.1 Å². The van der Waals surface area contributed by atoms with Crippen molar-refractivity contribution in [2.24, 2.45) is 11.8 Å². The lowest BCUT2D eigenvalue weighted by molar-refractivity contribution is 0.0891. The van der Waals surface area contributed by atoms with E-state index in [1.165, 1.54) is 6.42 Å². The summed E-state index contributed by atoms with van der Waals surface area (Å²) >= 11 is 0. The molecule has 1 heterocycles. The molecule has 1 aliphatic rings. The van der Waals surface area contributed by atoms with Gasteiger partial charge in [0, 0.05) is 17.7 Å². The number of hydrogen-bond donors (Lipinski definition) is 2. The van der Waals surface area contributed by atoms with Crippen LogP contribution in [-0.2, 0) is 6.54 Å². The maximum Gasteiger partial charge on any atom is 0.329 e. The van der Waals surface area contributed by atoms with Crippen LogP contribution in [0.1, 0.15) is 62.9 Å². The minimum absolute atomic E-state index is 0.0837. The summed E-state index contributed by atoms with van der Waals surface area (Å²) in [4.78, 5) is 41.6. The summed E-state index contributed by atoms with van der Waals surface area (Å²) in [5.41, 5.74) is 0.774. The molecule has 4 rings (SSSR count). The molecule has 0 spiro atoms. The zero-order chi connectivity index (χ0) is 25.8. The van der Waals surface area contributed by atoms with Gasteiger partial charge in [-0.1, -0.05) is 38.8 Å². The average molecular weight is 494 g/mol. The van der Waals surface area contributed by atoms with E-state index in [0.717, 1.165) is 23.0 Å². The first-order valence-corrected chi connectivity index (χ1v) is 12.8. The summed E-state index contributed by atoms with van der Waals surface area (Å²) in [6.45, 7) is 9.08. The normalized spacial score (nSPS) is 19.7. The number of ether oxygens (including phenoxy) is 2. The fourth-order valence-electron chi connectivity index (χ4n) is 4.92. The smallest absolute Gasteiger partial charge is 0.329 e. The summed E-state index contributed by atoms with van der Waals surface area (Å²) < 4.78 is 12.4. The van der Waals surface area contributed by atoms with Crippen LogP contribution < -0.4 is 26.0 Å². The first kappa shape index (κ1) is 25.5. The third kappa shape index (κ3) is 5.32. The van der Waals surface area contributed by atoms with Crippen LogP contribution in [0.25, 0.3) is 10.9 Å². The highest BCUT2D eigenvalue weighted by molar-refractivity contribution is 5.94. The SMILES string of the molecule is CCOc1cc2[nH]c(=O)n(Cc3ccc(C(=O)N[C@@H]4CCC[C@@H](C)[C@@H]4C)cc3)c(=O)c2cc1OCC. The molecule has 0 aliphatic heterocycles. The van der Waals surface area contributed by atoms with Crippen molar-refractivity contribution in [2.45, 2.75) is 59.5 Å². The van der Waals surface area contributed by atoms with Crippen molar-refractivity contribution in [1.29, 1.82) is 0 Å². The van der Waals surface area contributed by atoms with Crippen molar-refractivity contribution >= 4 is 16.8 Å². The molecule has 1 aliphatic carbocycles. The van der Waals surface area contributed by atoms with Gasteiger partial charge in [-0.3, -0.25) is 14.2 Å². The number of amides is 1. The molecule has 0 saturated heterocycles. The van der Waals surface area contributed by atoms with E-state index in [1.54, 1.807) is 36.4 Å². The van der Waals surface area contributed by atoms with Crippen LogP contribution in [0.5, 0.6) is 11.5 Å². The molecular weight excluding hydrogens is 458 g/mol. The zero-order valence-corrected chi connectivity index (χ0v) is 21.4. The highest BCUT2D eigenvalue weighted by atomic mass is 16.5. The van der Waals surface area contributed by atoms with Crippen LogP contribution >= 0.6 is 0 Å². The quantitative estimate of drug-likeness (QED) is 0.492. The predicted octanol–water partition coefficient (Wildman–Crippen LogP) is 4.09. The number of H-pyrrole nitrogens is 1. The molecule has 8 nitrogen and oxygen atoms in total. The van der Waals surface area contributed by atoms with E-state index in [0.29, 0.717) is 53.0 Å². The molecule has 1 aromatic heterocycles. The number of rotatable bonds is 8. The van der Waals surface area contributed by atoms with E-state index in [-0.39, 0.29) is 18.5 Å². The van der Waals surface area contributed by atoms with E-state index in [9.17, 15) is 14.4 Å². The molecule has 3 atom stereocenters. The van der Waals surface area contributed by atoms with E-state index in [4.69, 9.17) is 9.47 Å². The van der Waals surface area contributed by atoms with Crippen LogP contribution in [0.3, 0.4) is 0 Å². The Hall–Kier alpha value is -3.55. The van der Waals surface area contributed by atoms with E-state index in [1.807, 2.05) is 13.8 Å². The molecule has 1 amide bonds. The summed E-state index contributed by atoms with van der Waals surface area (Å²) in [7, 11) is 0. The fourth-order valence-corrected chi connectivity index (χ4v) is 4.92. The van der Waals surface area contributed by atoms with E-state index >= 15 is 0 Å². The Morgan fingerprint density at radius 3 is 2.36 bits per heavy atom. The molecule has 0 unspecified atom stereocenters. The van der Waals surface area contributed by atoms with Crippen molar-refractivity contribution in [3.05, 3.63) is 68.4 Å². The molecule has 1 saturated carbocycles. The summed E-state index contributed by atoms with van der Waals surface area (Å²) in [6.07, 6.45) is 3.33. The number of aromatic nitrogens is 2. The maximum atomic E-state index is 13.2. The van der Waals surface area contributed by atoms with Gasteiger partial charge in [-0.25, -0.2) is 4.79 Å². The van der Waals surface area contributed by atoms with Crippen LogP contribution in [0.2, 0.25) is 0 Å². The van der Waals surface area contributed by atoms with Crippen molar-refractivity contribution in [1.82, 2.24) is 14.9 Å². The fraction of sp³-hybridized carbons (Fsp3) is 0.464. The maximum absolute atomic E-state index is 13.2. The molecule has 2 N–H and O–H groups in total. The highest BCUT2D eigenvalue weighted by Gasteiger charge is 2.28. The lowest BCUT2D eigenvalue weighted by Crippen LogP contribution is -2.43. The number of carbonyl (C=O) groups is 1. The Morgan fingerprint density at radius 2 is 1.69 bits per heavy atom. The monoisotopic (exact) mass is 493 g/mol. The first-order chi connectivity index (χ1) is 17.3. The van der Waals surface area contributed by atoms with Crippen molar-refractivity contribution in [2.75, 3.05) is 13.2 Å². The number of nitrogens with zero attached hydrogens (tertiary/aromatic N) is 1. The molecule has 2 aromatic carbocycles. The van der Waals surface area contributed by atoms with Crippen LogP contribution in [0.15, 0.2) is 46.0 Å². The Bertz CT molecular complexity index is 1340. The molecule has 36 heavy (non-hydrogen) atoms. The summed E-state index contributed by atoms with van der Waals surface area (Å²) in [6, 6.07) is 10.5. The second kappa shape index (κ2) is 11.0. The molecule has 192 valence electrons. The van der Waals surface area contributed by atoms with Gasteiger partial charge in [-0.2, -0.15) is 0 Å². The zero-order valence-electron chi connectivity index (χ0n) is 21.4. The first-order valence-electron chi connectivity index (χ1n) is 12.8. The number of fused-ring (bicyclic) bond motifs is 1. The molecule has 0 bridgehead atoms. The number of nitrogens with one attached hydrogen (secondary N) is 2. The van der Waals surface area contributed by atoms with E-state index < -0.39 is 11.2 Å². The van der Waals surface area contributed by atoms with Gasteiger partial charge >= 0.3 is 5.69 Å². The Kier molecular flexibility index (Phi) is 7.82. The minimum Gasteiger partial charge on any atom is -0.490 e. The second-order valence-corrected chi connectivity index (χ2v) is 9.58. The standard InChI is InChI=1S/C28H35N3O5/c1-5-35-24-14-21-23(15-25(24)36-6-2)30-28(34)31(27(21)33)16-19-10-12-20(13-11-19)26(32)29-22-9-7-8-17(3)18(22)4/h10-15,17-18,22H,5-9,16H2,1-4H3,(H,29,32)(H,30,34)/t17-,18+,22-/m1/s1. The Balaban J connectivity index is 1.56. The average Bonchev–Trinajstić information content (AvgIpc) is 2.86. The van der Waals surface area contributed by atoms with Crippen molar-refractivity contribution in [3.63, 3.8) is 0 Å².